The monoisotopic (exact) mass is 418 g/mol. The summed E-state index contributed by atoms with van der Waals surface area (Å²) >= 11 is 6.36. The van der Waals surface area contributed by atoms with Gasteiger partial charge in [-0.3, -0.25) is 9.59 Å². The van der Waals surface area contributed by atoms with E-state index in [1.807, 2.05) is 13.0 Å². The van der Waals surface area contributed by atoms with E-state index in [1.165, 1.54) is 20.1 Å². The van der Waals surface area contributed by atoms with Crippen molar-refractivity contribution in [2.45, 2.75) is 34.1 Å². The Hall–Kier alpha value is -2.73. The molecule has 2 amide bonds. The minimum atomic E-state index is -0.379. The number of ether oxygens (including phenoxy) is 2. The fraction of sp³-hybridized carbons (Fsp3) is 0.364. The number of aryl methyl sites for hydroxylation is 1. The van der Waals surface area contributed by atoms with E-state index in [2.05, 4.69) is 24.5 Å². The number of nitrogens with one attached hydrogen (secondary N) is 2. The predicted molar refractivity (Wildman–Crippen MR) is 116 cm³/mol. The van der Waals surface area contributed by atoms with Crippen molar-refractivity contribution in [3.8, 4) is 11.5 Å². The lowest BCUT2D eigenvalue weighted by Crippen LogP contribution is -2.15. The maximum atomic E-state index is 12.8. The fourth-order valence-electron chi connectivity index (χ4n) is 2.64. The summed E-state index contributed by atoms with van der Waals surface area (Å²) in [5.41, 5.74) is 2.28. The molecule has 2 aromatic carbocycles. The van der Waals surface area contributed by atoms with Gasteiger partial charge in [-0.1, -0.05) is 31.5 Å². The number of hydrogen-bond donors (Lipinski definition) is 2. The molecule has 2 aromatic rings. The molecule has 0 aliphatic carbocycles. The summed E-state index contributed by atoms with van der Waals surface area (Å²) in [5.74, 6) is 0.698. The topological polar surface area (TPSA) is 76.7 Å². The SMILES string of the molecule is COc1cc(C(=O)Nc2cc(C)ccc2NC(C)=O)cc(Cl)c1OCCC(C)C. The van der Waals surface area contributed by atoms with Crippen molar-refractivity contribution in [1.29, 1.82) is 0 Å². The van der Waals surface area contributed by atoms with E-state index in [4.69, 9.17) is 21.1 Å². The van der Waals surface area contributed by atoms with Crippen LogP contribution in [0.2, 0.25) is 5.02 Å². The predicted octanol–water partition coefficient (Wildman–Crippen LogP) is 5.29. The van der Waals surface area contributed by atoms with Crippen LogP contribution in [0, 0.1) is 12.8 Å². The number of rotatable bonds is 8. The molecule has 0 atom stereocenters. The Bertz CT molecular complexity index is 897. The Labute approximate surface area is 176 Å². The van der Waals surface area contributed by atoms with Gasteiger partial charge in [-0.25, -0.2) is 0 Å². The first-order valence-corrected chi connectivity index (χ1v) is 9.79. The Balaban J connectivity index is 2.26. The third-order valence-electron chi connectivity index (χ3n) is 4.17. The molecule has 6 nitrogen and oxygen atoms in total. The van der Waals surface area contributed by atoms with Crippen molar-refractivity contribution in [3.05, 3.63) is 46.5 Å². The van der Waals surface area contributed by atoms with Crippen LogP contribution in [-0.2, 0) is 4.79 Å². The van der Waals surface area contributed by atoms with Gasteiger partial charge < -0.3 is 20.1 Å². The lowest BCUT2D eigenvalue weighted by molar-refractivity contribution is -0.114. The average Bonchev–Trinajstić information content (AvgIpc) is 2.64. The summed E-state index contributed by atoms with van der Waals surface area (Å²) in [4.78, 5) is 24.2. The number of carbonyl (C=O) groups excluding carboxylic acids is 2. The number of anilines is 2. The average molecular weight is 419 g/mol. The molecular formula is C22H27ClN2O4. The van der Waals surface area contributed by atoms with Crippen LogP contribution in [0.1, 0.15) is 43.1 Å². The Morgan fingerprint density at radius 1 is 1.10 bits per heavy atom. The normalized spacial score (nSPS) is 10.6. The molecule has 0 saturated heterocycles. The lowest BCUT2D eigenvalue weighted by atomic mass is 10.1. The molecule has 0 saturated carbocycles. The van der Waals surface area contributed by atoms with Crippen molar-refractivity contribution in [2.24, 2.45) is 5.92 Å². The summed E-state index contributed by atoms with van der Waals surface area (Å²) in [6.45, 7) is 8.03. The zero-order chi connectivity index (χ0) is 21.6. The molecule has 0 spiro atoms. The number of benzene rings is 2. The molecular weight excluding hydrogens is 392 g/mol. The molecule has 0 aliphatic rings. The molecule has 7 heteroatoms. The number of hydrogen-bond acceptors (Lipinski definition) is 4. The highest BCUT2D eigenvalue weighted by atomic mass is 35.5. The maximum Gasteiger partial charge on any atom is 0.255 e. The molecule has 0 fully saturated rings. The summed E-state index contributed by atoms with van der Waals surface area (Å²) in [6.07, 6.45) is 0.876. The van der Waals surface area contributed by atoms with E-state index in [-0.39, 0.29) is 11.8 Å². The van der Waals surface area contributed by atoms with Gasteiger partial charge in [-0.15, -0.1) is 0 Å². The van der Waals surface area contributed by atoms with Gasteiger partial charge in [0.2, 0.25) is 5.91 Å². The smallest absolute Gasteiger partial charge is 0.255 e. The number of halogens is 1. The number of carbonyl (C=O) groups is 2. The van der Waals surface area contributed by atoms with E-state index in [0.29, 0.717) is 46.0 Å². The van der Waals surface area contributed by atoms with Gasteiger partial charge in [0.25, 0.3) is 5.91 Å². The lowest BCUT2D eigenvalue weighted by Gasteiger charge is -2.16. The molecule has 156 valence electrons. The second kappa shape index (κ2) is 10.2. The Kier molecular flexibility index (Phi) is 7.91. The van der Waals surface area contributed by atoms with Crippen LogP contribution in [0.25, 0.3) is 0 Å². The second-order valence-corrected chi connectivity index (χ2v) is 7.61. The maximum absolute atomic E-state index is 12.8. The summed E-state index contributed by atoms with van der Waals surface area (Å²) in [7, 11) is 1.50. The van der Waals surface area contributed by atoms with Crippen LogP contribution in [0.5, 0.6) is 11.5 Å². The van der Waals surface area contributed by atoms with E-state index in [1.54, 1.807) is 18.2 Å². The van der Waals surface area contributed by atoms with Crippen LogP contribution < -0.4 is 20.1 Å². The first kappa shape index (κ1) is 22.6. The first-order valence-electron chi connectivity index (χ1n) is 9.41. The highest BCUT2D eigenvalue weighted by Crippen LogP contribution is 2.37. The highest BCUT2D eigenvalue weighted by molar-refractivity contribution is 6.32. The standard InChI is InChI=1S/C22H27ClN2O4/c1-13(2)8-9-29-21-17(23)11-16(12-20(21)28-5)22(27)25-19-10-14(3)6-7-18(19)24-15(4)26/h6-7,10-13H,8-9H2,1-5H3,(H,24,26)(H,25,27). The molecule has 0 heterocycles. The van der Waals surface area contributed by atoms with Gasteiger partial charge in [0, 0.05) is 12.5 Å². The van der Waals surface area contributed by atoms with Gasteiger partial charge >= 0.3 is 0 Å². The molecule has 0 unspecified atom stereocenters. The zero-order valence-electron chi connectivity index (χ0n) is 17.4. The van der Waals surface area contributed by atoms with E-state index < -0.39 is 0 Å². The molecule has 0 bridgehead atoms. The first-order chi connectivity index (χ1) is 13.7. The van der Waals surface area contributed by atoms with Gasteiger partial charge in [-0.2, -0.15) is 0 Å². The van der Waals surface area contributed by atoms with Crippen LogP contribution in [0.15, 0.2) is 30.3 Å². The molecule has 0 aliphatic heterocycles. The second-order valence-electron chi connectivity index (χ2n) is 7.20. The fourth-order valence-corrected chi connectivity index (χ4v) is 2.91. The minimum Gasteiger partial charge on any atom is -0.493 e. The molecule has 2 N–H and O–H groups in total. The molecule has 29 heavy (non-hydrogen) atoms. The molecule has 0 aromatic heterocycles. The van der Waals surface area contributed by atoms with Crippen molar-refractivity contribution in [1.82, 2.24) is 0 Å². The van der Waals surface area contributed by atoms with E-state index in [9.17, 15) is 9.59 Å². The van der Waals surface area contributed by atoms with Crippen molar-refractivity contribution >= 4 is 34.8 Å². The van der Waals surface area contributed by atoms with Crippen molar-refractivity contribution in [2.75, 3.05) is 24.4 Å². The third kappa shape index (κ3) is 6.39. The van der Waals surface area contributed by atoms with Crippen molar-refractivity contribution < 1.29 is 19.1 Å². The quantitative estimate of drug-likeness (QED) is 0.610. The van der Waals surface area contributed by atoms with Crippen LogP contribution in [0.3, 0.4) is 0 Å². The number of amides is 2. The zero-order valence-corrected chi connectivity index (χ0v) is 18.1. The Morgan fingerprint density at radius 2 is 1.83 bits per heavy atom. The molecule has 2 rings (SSSR count). The summed E-state index contributed by atoms with van der Waals surface area (Å²) in [5, 5.41) is 5.82. The Morgan fingerprint density at radius 3 is 2.45 bits per heavy atom. The van der Waals surface area contributed by atoms with Crippen LogP contribution >= 0.6 is 11.6 Å². The van der Waals surface area contributed by atoms with E-state index in [0.717, 1.165) is 12.0 Å². The molecule has 0 radical (unpaired) electrons. The highest BCUT2D eigenvalue weighted by Gasteiger charge is 2.17. The van der Waals surface area contributed by atoms with Gasteiger partial charge in [0.15, 0.2) is 11.5 Å². The van der Waals surface area contributed by atoms with E-state index >= 15 is 0 Å². The minimum absolute atomic E-state index is 0.225. The van der Waals surface area contributed by atoms with Gasteiger partial charge in [0.1, 0.15) is 0 Å². The third-order valence-corrected chi connectivity index (χ3v) is 4.45. The van der Waals surface area contributed by atoms with Crippen molar-refractivity contribution in [3.63, 3.8) is 0 Å². The summed E-state index contributed by atoms with van der Waals surface area (Å²) in [6, 6.07) is 8.50. The van der Waals surface area contributed by atoms with Crippen LogP contribution in [-0.4, -0.2) is 25.5 Å². The van der Waals surface area contributed by atoms with Gasteiger partial charge in [0.05, 0.1) is 30.1 Å². The number of methoxy groups -OCH3 is 1. The van der Waals surface area contributed by atoms with Crippen LogP contribution in [0.4, 0.5) is 11.4 Å². The van der Waals surface area contributed by atoms with Gasteiger partial charge in [-0.05, 0) is 49.1 Å². The summed E-state index contributed by atoms with van der Waals surface area (Å²) < 4.78 is 11.1. The largest absolute Gasteiger partial charge is 0.493 e.